The van der Waals surface area contributed by atoms with Crippen LogP contribution in [0.3, 0.4) is 0 Å². The summed E-state index contributed by atoms with van der Waals surface area (Å²) in [5.74, 6) is 0.601. The van der Waals surface area contributed by atoms with E-state index in [9.17, 15) is 14.8 Å². The molecule has 1 aromatic carbocycles. The molecule has 4 unspecified atom stereocenters. The first-order chi connectivity index (χ1) is 14.8. The summed E-state index contributed by atoms with van der Waals surface area (Å²) in [4.78, 5) is 24.4. The zero-order chi connectivity index (χ0) is 22.4. The van der Waals surface area contributed by atoms with Gasteiger partial charge in [0.15, 0.2) is 11.5 Å². The van der Waals surface area contributed by atoms with E-state index in [1.807, 2.05) is 19.1 Å². The van der Waals surface area contributed by atoms with Crippen LogP contribution in [-0.2, 0) is 19.1 Å². The van der Waals surface area contributed by atoms with Crippen LogP contribution in [0.2, 0.25) is 0 Å². The number of carbonyl (C=O) groups is 2. The predicted molar refractivity (Wildman–Crippen MR) is 114 cm³/mol. The Labute approximate surface area is 181 Å². The zero-order valence-electron chi connectivity index (χ0n) is 18.0. The zero-order valence-corrected chi connectivity index (χ0v) is 18.0. The summed E-state index contributed by atoms with van der Waals surface area (Å²) in [5, 5.41) is 11.1. The van der Waals surface area contributed by atoms with Crippen molar-refractivity contribution in [2.24, 2.45) is 5.92 Å². The lowest BCUT2D eigenvalue weighted by Gasteiger charge is -2.31. The molecule has 1 aromatic rings. The van der Waals surface area contributed by atoms with Gasteiger partial charge in [-0.1, -0.05) is 23.7 Å². The summed E-state index contributed by atoms with van der Waals surface area (Å²) < 4.78 is 16.8. The molecule has 7 nitrogen and oxygen atoms in total. The van der Waals surface area contributed by atoms with Crippen molar-refractivity contribution in [3.63, 3.8) is 0 Å². The number of ketones is 1. The third-order valence-electron chi connectivity index (χ3n) is 6.62. The van der Waals surface area contributed by atoms with Gasteiger partial charge in [0.25, 0.3) is 0 Å². The number of allylic oxidation sites excluding steroid dienone is 3. The van der Waals surface area contributed by atoms with Gasteiger partial charge in [0, 0.05) is 43.6 Å². The molecule has 31 heavy (non-hydrogen) atoms. The van der Waals surface area contributed by atoms with E-state index in [-0.39, 0.29) is 17.7 Å². The Morgan fingerprint density at radius 1 is 1.35 bits per heavy atom. The van der Waals surface area contributed by atoms with Crippen LogP contribution >= 0.6 is 0 Å². The lowest BCUT2D eigenvalue weighted by Crippen LogP contribution is -2.47. The fourth-order valence-electron chi connectivity index (χ4n) is 4.66. The molecule has 1 N–H and O–H groups in total. The first-order valence-corrected chi connectivity index (χ1v) is 10.4. The van der Waals surface area contributed by atoms with E-state index >= 15 is 0 Å². The second kappa shape index (κ2) is 7.75. The molecule has 1 aliphatic heterocycles. The maximum Gasteiger partial charge on any atom is 0.339 e. The Morgan fingerprint density at radius 2 is 2.10 bits per heavy atom. The molecular weight excluding hydrogens is 398 g/mol. The number of amides is 1. The Bertz CT molecular complexity index is 994. The van der Waals surface area contributed by atoms with E-state index in [0.717, 1.165) is 18.4 Å². The molecule has 4 atom stereocenters. The fourth-order valence-corrected chi connectivity index (χ4v) is 4.66. The molecule has 2 aliphatic carbocycles. The molecule has 0 bridgehead atoms. The lowest BCUT2D eigenvalue weighted by molar-refractivity contribution is -0.148. The number of quaternary nitrogens is 1. The molecule has 0 radical (unpaired) electrons. The van der Waals surface area contributed by atoms with Crippen molar-refractivity contribution in [3.8, 4) is 5.75 Å². The molecule has 7 heteroatoms. The highest BCUT2D eigenvalue weighted by molar-refractivity contribution is 6.06. The summed E-state index contributed by atoms with van der Waals surface area (Å²) in [6.45, 7) is 5.73. The highest BCUT2D eigenvalue weighted by Gasteiger charge is 2.55. The van der Waals surface area contributed by atoms with Crippen LogP contribution in [0, 0.1) is 5.92 Å². The highest BCUT2D eigenvalue weighted by Crippen LogP contribution is 2.53. The van der Waals surface area contributed by atoms with E-state index in [4.69, 9.17) is 14.2 Å². The summed E-state index contributed by atoms with van der Waals surface area (Å²) in [5.41, 5.74) is 0.888. The van der Waals surface area contributed by atoms with Crippen LogP contribution in [0.1, 0.15) is 37.9 Å². The Morgan fingerprint density at radius 3 is 2.68 bits per heavy atom. The molecule has 1 saturated heterocycles. The van der Waals surface area contributed by atoms with Gasteiger partial charge in [0.1, 0.15) is 23.5 Å². The molecule has 4 rings (SSSR count). The van der Waals surface area contributed by atoms with Gasteiger partial charge >= 0.3 is 6.41 Å². The molecule has 3 aliphatic rings. The predicted octanol–water partition coefficient (Wildman–Crippen LogP) is 3.77. The monoisotopic (exact) mass is 426 g/mol. The maximum atomic E-state index is 12.5. The maximum absolute atomic E-state index is 12.5. The van der Waals surface area contributed by atoms with Gasteiger partial charge in [-0.25, -0.2) is 10.0 Å². The molecule has 164 valence electrons. The summed E-state index contributed by atoms with van der Waals surface area (Å²) in [6.07, 6.45) is 7.09. The average molecular weight is 426 g/mol. The third-order valence-corrected chi connectivity index (χ3v) is 6.62. The largest absolute Gasteiger partial charge is 0.491 e. The minimum atomic E-state index is -0.872. The number of hydroxylamine groups is 2. The number of rotatable bonds is 8. The van der Waals surface area contributed by atoms with Gasteiger partial charge in [0.05, 0.1) is 7.11 Å². The number of benzene rings is 1. The van der Waals surface area contributed by atoms with E-state index in [0.29, 0.717) is 35.6 Å². The normalized spacial score (nSPS) is 29.2. The van der Waals surface area contributed by atoms with Crippen molar-refractivity contribution in [1.29, 1.82) is 0 Å². The van der Waals surface area contributed by atoms with E-state index in [1.54, 1.807) is 25.3 Å². The Kier molecular flexibility index (Phi) is 5.37. The molecule has 2 fully saturated rings. The lowest BCUT2D eigenvalue weighted by atomic mass is 9.78. The van der Waals surface area contributed by atoms with Crippen LogP contribution in [-0.4, -0.2) is 43.3 Å². The van der Waals surface area contributed by atoms with Gasteiger partial charge in [-0.2, -0.15) is 0 Å². The quantitative estimate of drug-likeness (QED) is 0.224. The van der Waals surface area contributed by atoms with Crippen molar-refractivity contribution < 1.29 is 29.0 Å². The van der Waals surface area contributed by atoms with E-state index in [2.05, 4.69) is 6.58 Å². The number of hydrogen-bond donors (Lipinski definition) is 1. The molecular formula is C24H28NO6+. The molecule has 0 spiro atoms. The molecule has 1 amide bonds. The molecule has 1 saturated carbocycles. The average Bonchev–Trinajstić information content (AvgIpc) is 3.60. The van der Waals surface area contributed by atoms with Gasteiger partial charge in [0.2, 0.25) is 5.69 Å². The van der Waals surface area contributed by atoms with Crippen LogP contribution in [0.4, 0.5) is 5.69 Å². The number of carbonyl (C=O) groups excluding carboxylic acids is 2. The van der Waals surface area contributed by atoms with Gasteiger partial charge in [-0.15, -0.1) is 6.58 Å². The number of ether oxygens (including phenoxy) is 3. The standard InChI is InChI=1S/C24H28NO6/c1-5-6-17-13-24(30-4)15(2)23(31-22(24)12-20(17)27)16-7-10-21(29-3)19(11-16)25(28,14-26)18-8-9-18/h5,7,10-15,18,23,28H,1,6,8-9H2,2-4H3/q+1. The van der Waals surface area contributed by atoms with Crippen LogP contribution < -0.4 is 9.38 Å². The number of fused-ring (bicyclic) bond motifs is 1. The van der Waals surface area contributed by atoms with Gasteiger partial charge in [-0.3, -0.25) is 4.79 Å². The van der Waals surface area contributed by atoms with E-state index in [1.165, 1.54) is 13.2 Å². The molecule has 0 aromatic heterocycles. The van der Waals surface area contributed by atoms with Crippen LogP contribution in [0.15, 0.2) is 54.3 Å². The minimum Gasteiger partial charge on any atom is -0.491 e. The highest BCUT2D eigenvalue weighted by atomic mass is 16.6. The SMILES string of the molecule is C=CCC1=CC2(OC)C(=CC1=O)OC(c1ccc(OC)c([N+](O)(C=O)C3CC3)c1)C2C. The third kappa shape index (κ3) is 3.24. The summed E-state index contributed by atoms with van der Waals surface area (Å²) in [7, 11) is 3.11. The van der Waals surface area contributed by atoms with Gasteiger partial charge in [-0.05, 0) is 24.1 Å². The van der Waals surface area contributed by atoms with Crippen molar-refractivity contribution in [2.75, 3.05) is 14.2 Å². The number of methoxy groups -OCH3 is 2. The number of nitrogens with zero attached hydrogens (tertiary/aromatic N) is 1. The second-order valence-electron chi connectivity index (χ2n) is 8.37. The van der Waals surface area contributed by atoms with E-state index < -0.39 is 16.4 Å². The first-order valence-electron chi connectivity index (χ1n) is 10.4. The van der Waals surface area contributed by atoms with Crippen molar-refractivity contribution in [3.05, 3.63) is 59.9 Å². The Hall–Kier alpha value is -2.74. The smallest absolute Gasteiger partial charge is 0.339 e. The Balaban J connectivity index is 1.77. The first kappa shape index (κ1) is 21.5. The fraction of sp³-hybridized carbons (Fsp3) is 0.417. The van der Waals surface area contributed by atoms with Crippen molar-refractivity contribution >= 4 is 17.9 Å². The summed E-state index contributed by atoms with van der Waals surface area (Å²) in [6, 6.07) is 5.16. The van der Waals surface area contributed by atoms with Crippen molar-refractivity contribution in [2.45, 2.75) is 43.9 Å². The topological polar surface area (TPSA) is 82.1 Å². The van der Waals surface area contributed by atoms with Crippen LogP contribution in [0.25, 0.3) is 0 Å². The van der Waals surface area contributed by atoms with Crippen molar-refractivity contribution in [1.82, 2.24) is 4.65 Å². The van der Waals surface area contributed by atoms with Crippen LogP contribution in [0.5, 0.6) is 5.75 Å². The second-order valence-corrected chi connectivity index (χ2v) is 8.37. The summed E-state index contributed by atoms with van der Waals surface area (Å²) >= 11 is 0. The van der Waals surface area contributed by atoms with Gasteiger partial charge < -0.3 is 14.2 Å². The minimum absolute atomic E-state index is 0.119. The molecule has 1 heterocycles. The number of hydrogen-bond acceptors (Lipinski definition) is 6.